The fourth-order valence-corrected chi connectivity index (χ4v) is 3.65. The minimum atomic E-state index is 0.653. The van der Waals surface area contributed by atoms with Crippen molar-refractivity contribution in [3.63, 3.8) is 0 Å². The van der Waals surface area contributed by atoms with Crippen LogP contribution in [0, 0.1) is 0 Å². The largest absolute Gasteiger partial charge is 0.381 e. The molecule has 0 aromatic rings. The van der Waals surface area contributed by atoms with Gasteiger partial charge in [0.2, 0.25) is 6.08 Å². The topological polar surface area (TPSA) is 38.7 Å². The van der Waals surface area contributed by atoms with Crippen LogP contribution >= 0.6 is 0 Å². The van der Waals surface area contributed by atoms with Gasteiger partial charge in [0.15, 0.2) is 0 Å². The van der Waals surface area contributed by atoms with Crippen molar-refractivity contribution < 1.29 is 9.53 Å². The Morgan fingerprint density at radius 1 is 0.536 bits per heavy atom. The number of nitrogens with zero attached hydrogens (tertiary/aromatic N) is 1. The van der Waals surface area contributed by atoms with Gasteiger partial charge >= 0.3 is 0 Å². The van der Waals surface area contributed by atoms with Crippen LogP contribution < -0.4 is 0 Å². The van der Waals surface area contributed by atoms with E-state index in [1.165, 1.54) is 122 Å². The highest BCUT2D eigenvalue weighted by Gasteiger charge is 1.95. The molecule has 0 aromatic carbocycles. The Morgan fingerprint density at radius 3 is 1.29 bits per heavy atom. The normalized spacial score (nSPS) is 10.9. The number of carbonyl (C=O) groups excluding carboxylic acids is 1. The summed E-state index contributed by atoms with van der Waals surface area (Å²) in [5.41, 5.74) is 0. The second kappa shape index (κ2) is 26.3. The Bertz CT molecular complexity index is 327. The molecule has 0 fully saturated rings. The lowest BCUT2D eigenvalue weighted by molar-refractivity contribution is 0.125. The van der Waals surface area contributed by atoms with Gasteiger partial charge in [-0.1, -0.05) is 116 Å². The predicted octanol–water partition coefficient (Wildman–Crippen LogP) is 8.16. The number of ether oxygens (including phenoxy) is 1. The van der Waals surface area contributed by atoms with E-state index < -0.39 is 0 Å². The highest BCUT2D eigenvalue weighted by Crippen LogP contribution is 2.12. The van der Waals surface area contributed by atoms with Gasteiger partial charge in [-0.2, -0.15) is 0 Å². The Hall–Kier alpha value is -0.660. The number of rotatable bonds is 24. The number of isocyanates is 1. The smallest absolute Gasteiger partial charge is 0.234 e. The van der Waals surface area contributed by atoms with E-state index in [-0.39, 0.29) is 0 Å². The van der Waals surface area contributed by atoms with Crippen molar-refractivity contribution in [2.45, 2.75) is 135 Å². The summed E-state index contributed by atoms with van der Waals surface area (Å²) in [6.45, 7) is 4.84. The summed E-state index contributed by atoms with van der Waals surface area (Å²) in [7, 11) is 0. The van der Waals surface area contributed by atoms with Crippen molar-refractivity contribution in [1.82, 2.24) is 0 Å². The summed E-state index contributed by atoms with van der Waals surface area (Å²) in [6.07, 6.45) is 28.4. The summed E-state index contributed by atoms with van der Waals surface area (Å²) in [5, 5.41) is 0. The summed E-state index contributed by atoms with van der Waals surface area (Å²) in [4.78, 5) is 13.5. The molecule has 0 unspecified atom stereocenters. The van der Waals surface area contributed by atoms with Crippen LogP contribution in [0.15, 0.2) is 4.99 Å². The van der Waals surface area contributed by atoms with Crippen LogP contribution in [0.3, 0.4) is 0 Å². The number of unbranched alkanes of at least 4 members (excludes halogenated alkanes) is 18. The van der Waals surface area contributed by atoms with Gasteiger partial charge in [0.05, 0.1) is 6.54 Å². The van der Waals surface area contributed by atoms with Gasteiger partial charge in [0.25, 0.3) is 0 Å². The van der Waals surface area contributed by atoms with Gasteiger partial charge in [-0.3, -0.25) is 0 Å². The molecular weight excluding hydrogens is 346 g/mol. The van der Waals surface area contributed by atoms with Gasteiger partial charge in [-0.25, -0.2) is 9.79 Å². The molecule has 0 saturated carbocycles. The molecule has 0 amide bonds. The van der Waals surface area contributed by atoms with Crippen molar-refractivity contribution in [3.8, 4) is 0 Å². The first-order valence-corrected chi connectivity index (χ1v) is 12.5. The highest BCUT2D eigenvalue weighted by atomic mass is 16.5. The van der Waals surface area contributed by atoms with E-state index in [2.05, 4.69) is 11.9 Å². The SMILES string of the molecule is CCCCCCCCCCCCCCOCCCCCCCCCCN=C=O. The zero-order chi connectivity index (χ0) is 20.4. The first-order chi connectivity index (χ1) is 13.9. The van der Waals surface area contributed by atoms with E-state index in [0.29, 0.717) is 6.54 Å². The third kappa shape index (κ3) is 25.3. The number of hydrogen-bond acceptors (Lipinski definition) is 3. The van der Waals surface area contributed by atoms with Crippen LogP contribution in [0.2, 0.25) is 0 Å². The van der Waals surface area contributed by atoms with Crippen LogP contribution in [0.25, 0.3) is 0 Å². The van der Waals surface area contributed by atoms with E-state index in [1.807, 2.05) is 0 Å². The van der Waals surface area contributed by atoms with Gasteiger partial charge in [-0.15, -0.1) is 0 Å². The fourth-order valence-electron chi connectivity index (χ4n) is 3.65. The highest BCUT2D eigenvalue weighted by molar-refractivity contribution is 5.32. The third-order valence-electron chi connectivity index (χ3n) is 5.52. The summed E-state index contributed by atoms with van der Waals surface area (Å²) < 4.78 is 5.77. The molecule has 3 nitrogen and oxygen atoms in total. The average molecular weight is 396 g/mol. The molecular formula is C25H49NO2. The molecule has 0 heterocycles. The molecule has 0 rings (SSSR count). The van der Waals surface area contributed by atoms with Crippen molar-refractivity contribution >= 4 is 6.08 Å². The molecule has 0 aliphatic carbocycles. The van der Waals surface area contributed by atoms with Crippen molar-refractivity contribution in [2.24, 2.45) is 4.99 Å². The molecule has 0 aliphatic heterocycles. The molecule has 0 saturated heterocycles. The quantitative estimate of drug-likeness (QED) is 0.0939. The minimum absolute atomic E-state index is 0.653. The number of aliphatic imine (C=N–C) groups is 1. The van der Waals surface area contributed by atoms with Crippen molar-refractivity contribution in [1.29, 1.82) is 0 Å². The maximum absolute atomic E-state index is 9.93. The molecule has 0 radical (unpaired) electrons. The maximum Gasteiger partial charge on any atom is 0.234 e. The van der Waals surface area contributed by atoms with Crippen LogP contribution in [-0.2, 0) is 9.53 Å². The molecule has 3 heteroatoms. The van der Waals surface area contributed by atoms with E-state index in [0.717, 1.165) is 19.6 Å². The molecule has 166 valence electrons. The molecule has 0 aliphatic rings. The summed E-state index contributed by atoms with van der Waals surface area (Å²) in [6, 6.07) is 0. The van der Waals surface area contributed by atoms with Crippen LogP contribution in [0.4, 0.5) is 0 Å². The maximum atomic E-state index is 9.93. The Morgan fingerprint density at radius 2 is 0.893 bits per heavy atom. The van der Waals surface area contributed by atoms with Gasteiger partial charge in [0, 0.05) is 13.2 Å². The van der Waals surface area contributed by atoms with E-state index in [9.17, 15) is 4.79 Å². The number of hydrogen-bond donors (Lipinski definition) is 0. The fraction of sp³-hybridized carbons (Fsp3) is 0.960. The Kier molecular flexibility index (Phi) is 25.7. The molecule has 0 spiro atoms. The van der Waals surface area contributed by atoms with Crippen molar-refractivity contribution in [3.05, 3.63) is 0 Å². The molecule has 0 bridgehead atoms. The monoisotopic (exact) mass is 395 g/mol. The van der Waals surface area contributed by atoms with Gasteiger partial charge < -0.3 is 4.74 Å². The lowest BCUT2D eigenvalue weighted by Crippen LogP contribution is -1.97. The first-order valence-electron chi connectivity index (χ1n) is 12.5. The first kappa shape index (κ1) is 27.3. The Balaban J connectivity index is 2.98. The molecule has 28 heavy (non-hydrogen) atoms. The second-order valence-corrected chi connectivity index (χ2v) is 8.30. The van der Waals surface area contributed by atoms with Crippen LogP contribution in [0.5, 0.6) is 0 Å². The van der Waals surface area contributed by atoms with Crippen LogP contribution in [-0.4, -0.2) is 25.8 Å². The standard InChI is InChI=1S/C25H49NO2/c1-2-3-4-5-6-7-8-9-11-14-17-20-23-28-24-21-18-15-12-10-13-16-19-22-26-25-27/h2-24H2,1H3. The van der Waals surface area contributed by atoms with E-state index in [4.69, 9.17) is 4.74 Å². The zero-order valence-corrected chi connectivity index (χ0v) is 19.0. The minimum Gasteiger partial charge on any atom is -0.381 e. The predicted molar refractivity (Wildman–Crippen MR) is 122 cm³/mol. The van der Waals surface area contributed by atoms with E-state index in [1.54, 1.807) is 6.08 Å². The molecule has 0 atom stereocenters. The molecule has 0 aromatic heterocycles. The third-order valence-corrected chi connectivity index (χ3v) is 5.52. The summed E-state index contributed by atoms with van der Waals surface area (Å²) in [5.74, 6) is 0. The lowest BCUT2D eigenvalue weighted by atomic mass is 10.1. The molecule has 0 N–H and O–H groups in total. The van der Waals surface area contributed by atoms with Crippen LogP contribution in [0.1, 0.15) is 135 Å². The summed E-state index contributed by atoms with van der Waals surface area (Å²) >= 11 is 0. The van der Waals surface area contributed by atoms with Crippen molar-refractivity contribution in [2.75, 3.05) is 19.8 Å². The second-order valence-electron chi connectivity index (χ2n) is 8.30. The van der Waals surface area contributed by atoms with Gasteiger partial charge in [-0.05, 0) is 19.3 Å². The average Bonchev–Trinajstić information content (AvgIpc) is 2.71. The zero-order valence-electron chi connectivity index (χ0n) is 19.0. The van der Waals surface area contributed by atoms with Gasteiger partial charge in [0.1, 0.15) is 0 Å². The van der Waals surface area contributed by atoms with E-state index >= 15 is 0 Å². The Labute approximate surface area is 176 Å². The lowest BCUT2D eigenvalue weighted by Gasteiger charge is -2.05.